The van der Waals surface area contributed by atoms with E-state index in [2.05, 4.69) is 35.2 Å². The summed E-state index contributed by atoms with van der Waals surface area (Å²) in [5.41, 5.74) is 2.88. The maximum absolute atomic E-state index is 12.8. The molecule has 150 valence electrons. The van der Waals surface area contributed by atoms with Gasteiger partial charge in [-0.1, -0.05) is 49.6 Å². The van der Waals surface area contributed by atoms with Crippen molar-refractivity contribution in [1.29, 1.82) is 0 Å². The van der Waals surface area contributed by atoms with Crippen LogP contribution in [0.15, 0.2) is 39.9 Å². The number of hydrogen-bond acceptors (Lipinski definition) is 3. The summed E-state index contributed by atoms with van der Waals surface area (Å²) in [7, 11) is 3.33. The lowest BCUT2D eigenvalue weighted by molar-refractivity contribution is 0.168. The third kappa shape index (κ3) is 3.16. The van der Waals surface area contributed by atoms with Gasteiger partial charge in [0.15, 0.2) is 0 Å². The van der Waals surface area contributed by atoms with E-state index in [1.807, 2.05) is 6.92 Å². The van der Waals surface area contributed by atoms with Gasteiger partial charge in [-0.05, 0) is 30.7 Å². The summed E-state index contributed by atoms with van der Waals surface area (Å²) < 4.78 is 2.83. The lowest BCUT2D eigenvalue weighted by Crippen LogP contribution is -2.42. The van der Waals surface area contributed by atoms with Crippen molar-refractivity contribution >= 4 is 0 Å². The highest BCUT2D eigenvalue weighted by atomic mass is 16.2. The molecule has 1 aromatic heterocycles. The highest BCUT2D eigenvalue weighted by molar-refractivity contribution is 5.26. The monoisotopic (exact) mass is 381 g/mol. The van der Waals surface area contributed by atoms with Crippen LogP contribution in [-0.2, 0) is 20.6 Å². The first kappa shape index (κ1) is 19.2. The molecule has 1 unspecified atom stereocenters. The Balaban J connectivity index is 1.68. The predicted octanol–water partition coefficient (Wildman–Crippen LogP) is 2.94. The summed E-state index contributed by atoms with van der Waals surface area (Å²) in [5, 5.41) is 0. The molecule has 2 aliphatic rings. The van der Waals surface area contributed by atoms with E-state index in [0.29, 0.717) is 17.9 Å². The van der Waals surface area contributed by atoms with Crippen LogP contribution in [0.5, 0.6) is 0 Å². The summed E-state index contributed by atoms with van der Waals surface area (Å²) >= 11 is 0. The van der Waals surface area contributed by atoms with Gasteiger partial charge in [0.05, 0.1) is 5.56 Å². The van der Waals surface area contributed by atoms with Crippen molar-refractivity contribution in [3.05, 3.63) is 68.0 Å². The molecule has 2 aromatic rings. The van der Waals surface area contributed by atoms with Gasteiger partial charge < -0.3 is 4.57 Å². The minimum absolute atomic E-state index is 0.151. The Labute approximate surface area is 166 Å². The molecule has 1 saturated heterocycles. The zero-order chi connectivity index (χ0) is 19.9. The Kier molecular flexibility index (Phi) is 5.04. The van der Waals surface area contributed by atoms with Gasteiger partial charge >= 0.3 is 5.69 Å². The van der Waals surface area contributed by atoms with Crippen LogP contribution < -0.4 is 11.2 Å². The van der Waals surface area contributed by atoms with Crippen molar-refractivity contribution in [2.24, 2.45) is 19.5 Å². The van der Waals surface area contributed by atoms with E-state index in [4.69, 9.17) is 0 Å². The van der Waals surface area contributed by atoms with Crippen LogP contribution in [0, 0.1) is 12.3 Å². The van der Waals surface area contributed by atoms with Gasteiger partial charge in [0.1, 0.15) is 0 Å². The first-order valence-corrected chi connectivity index (χ1v) is 10.5. The van der Waals surface area contributed by atoms with Crippen LogP contribution in [-0.4, -0.2) is 27.1 Å². The lowest BCUT2D eigenvalue weighted by atomic mass is 9.66. The van der Waals surface area contributed by atoms with E-state index in [1.165, 1.54) is 42.2 Å². The van der Waals surface area contributed by atoms with Crippen molar-refractivity contribution in [2.75, 3.05) is 13.1 Å². The largest absolute Gasteiger partial charge is 0.330 e. The van der Waals surface area contributed by atoms with Crippen molar-refractivity contribution in [3.8, 4) is 0 Å². The van der Waals surface area contributed by atoms with Gasteiger partial charge in [0.25, 0.3) is 5.56 Å². The number of hydrogen-bond donors (Lipinski definition) is 0. The number of nitrogens with zero attached hydrogens (tertiary/aromatic N) is 3. The third-order valence-electron chi connectivity index (χ3n) is 7.23. The van der Waals surface area contributed by atoms with Gasteiger partial charge in [-0.15, -0.1) is 0 Å². The number of aromatic nitrogens is 2. The molecule has 0 N–H and O–H groups in total. The van der Waals surface area contributed by atoms with Crippen LogP contribution in [0.3, 0.4) is 0 Å². The minimum atomic E-state index is -0.251. The summed E-state index contributed by atoms with van der Waals surface area (Å²) in [6, 6.07) is 10.9. The Morgan fingerprint density at radius 1 is 1.00 bits per heavy atom. The Bertz CT molecular complexity index is 968. The Morgan fingerprint density at radius 3 is 2.36 bits per heavy atom. The highest BCUT2D eigenvalue weighted by Crippen LogP contribution is 2.52. The van der Waals surface area contributed by atoms with Crippen molar-refractivity contribution in [3.63, 3.8) is 0 Å². The summed E-state index contributed by atoms with van der Waals surface area (Å²) in [5.74, 6) is 0.519. The van der Waals surface area contributed by atoms with Crippen LogP contribution in [0.1, 0.15) is 54.8 Å². The standard InChI is InChI=1S/C23H31N3O2/c1-17-19(21(27)25(3)22(28)24(17)2)14-26-15-20(18-10-6-4-7-11-18)23(16-26)12-8-5-9-13-23/h4,6-7,10-11,20H,5,8-9,12-16H2,1-3H3. The summed E-state index contributed by atoms with van der Waals surface area (Å²) in [6.07, 6.45) is 6.49. The first-order chi connectivity index (χ1) is 13.4. The average molecular weight is 382 g/mol. The molecule has 28 heavy (non-hydrogen) atoms. The fourth-order valence-electron chi connectivity index (χ4n) is 5.52. The van der Waals surface area contributed by atoms with Crippen molar-refractivity contribution in [1.82, 2.24) is 14.0 Å². The van der Waals surface area contributed by atoms with Crippen LogP contribution in [0.25, 0.3) is 0 Å². The molecule has 0 radical (unpaired) electrons. The zero-order valence-electron chi connectivity index (χ0n) is 17.3. The minimum Gasteiger partial charge on any atom is -0.301 e. The maximum Gasteiger partial charge on any atom is 0.330 e. The van der Waals surface area contributed by atoms with Gasteiger partial charge in [-0.25, -0.2) is 4.79 Å². The zero-order valence-corrected chi connectivity index (χ0v) is 17.3. The maximum atomic E-state index is 12.8. The smallest absolute Gasteiger partial charge is 0.301 e. The second kappa shape index (κ2) is 7.36. The molecule has 4 rings (SSSR count). The van der Waals surface area contributed by atoms with Crippen LogP contribution >= 0.6 is 0 Å². The number of likely N-dealkylation sites (tertiary alicyclic amines) is 1. The molecule has 1 aliphatic carbocycles. The van der Waals surface area contributed by atoms with Gasteiger partial charge in [-0.3, -0.25) is 14.3 Å². The Morgan fingerprint density at radius 2 is 1.68 bits per heavy atom. The average Bonchev–Trinajstić information content (AvgIpc) is 3.06. The van der Waals surface area contributed by atoms with Crippen LogP contribution in [0.4, 0.5) is 0 Å². The van der Waals surface area contributed by atoms with E-state index < -0.39 is 0 Å². The molecule has 1 aliphatic heterocycles. The topological polar surface area (TPSA) is 47.2 Å². The Hall–Kier alpha value is -2.14. The highest BCUT2D eigenvalue weighted by Gasteiger charge is 2.47. The van der Waals surface area contributed by atoms with Gasteiger partial charge in [0.2, 0.25) is 0 Å². The van der Waals surface area contributed by atoms with Gasteiger partial charge in [0, 0.05) is 45.3 Å². The molecule has 0 amide bonds. The molecule has 2 heterocycles. The van der Waals surface area contributed by atoms with Crippen molar-refractivity contribution < 1.29 is 0 Å². The molecule has 5 nitrogen and oxygen atoms in total. The second-order valence-corrected chi connectivity index (χ2v) is 8.83. The third-order valence-corrected chi connectivity index (χ3v) is 7.23. The molecule has 1 aromatic carbocycles. The predicted molar refractivity (Wildman–Crippen MR) is 112 cm³/mol. The number of rotatable bonds is 3. The van der Waals surface area contributed by atoms with Crippen molar-refractivity contribution in [2.45, 2.75) is 51.5 Å². The molecular formula is C23H31N3O2. The molecular weight excluding hydrogens is 350 g/mol. The van der Waals surface area contributed by atoms with E-state index in [1.54, 1.807) is 18.7 Å². The van der Waals surface area contributed by atoms with E-state index in [-0.39, 0.29) is 11.2 Å². The first-order valence-electron chi connectivity index (χ1n) is 10.5. The molecule has 2 fully saturated rings. The second-order valence-electron chi connectivity index (χ2n) is 8.83. The molecule has 1 saturated carbocycles. The summed E-state index contributed by atoms with van der Waals surface area (Å²) in [6.45, 7) is 4.53. The van der Waals surface area contributed by atoms with E-state index in [0.717, 1.165) is 24.3 Å². The van der Waals surface area contributed by atoms with E-state index >= 15 is 0 Å². The fraction of sp³-hybridized carbons (Fsp3) is 0.565. The normalized spacial score (nSPS) is 22.0. The number of benzene rings is 1. The molecule has 1 spiro atoms. The SMILES string of the molecule is Cc1c(CN2CC(c3ccccc3)C3(CCCCC3)C2)c(=O)n(C)c(=O)n1C. The fourth-order valence-corrected chi connectivity index (χ4v) is 5.52. The molecule has 1 atom stereocenters. The summed E-state index contributed by atoms with van der Waals surface area (Å²) in [4.78, 5) is 27.4. The molecule has 5 heteroatoms. The van der Waals surface area contributed by atoms with E-state index in [9.17, 15) is 9.59 Å². The molecule has 0 bridgehead atoms. The van der Waals surface area contributed by atoms with Gasteiger partial charge in [-0.2, -0.15) is 0 Å². The lowest BCUT2D eigenvalue weighted by Gasteiger charge is -2.38. The van der Waals surface area contributed by atoms with Crippen LogP contribution in [0.2, 0.25) is 0 Å². The quantitative estimate of drug-likeness (QED) is 0.821.